The number of likely N-dealkylation sites (tertiary alicyclic amines) is 1. The summed E-state index contributed by atoms with van der Waals surface area (Å²) in [5, 5.41) is 2.25. The summed E-state index contributed by atoms with van der Waals surface area (Å²) >= 11 is 0. The largest absolute Gasteiger partial charge is 0.456 e. The standard InChI is InChI=1S/C22H27N3O2/c1-3-24(4-2)22(26)19-12-16(23)14-25(19)13-15-8-7-10-18-17-9-5-6-11-20(17)27-21(15)18/h5-11,16,19H,3-4,12-14,23H2,1-2H3/t16-,19-/m0/s1. The molecule has 1 aliphatic rings. The van der Waals surface area contributed by atoms with Crippen molar-refractivity contribution < 1.29 is 9.21 Å². The summed E-state index contributed by atoms with van der Waals surface area (Å²) in [6.45, 7) is 6.91. The van der Waals surface area contributed by atoms with Gasteiger partial charge in [-0.05, 0) is 26.3 Å². The van der Waals surface area contributed by atoms with Gasteiger partial charge in [0.1, 0.15) is 11.2 Å². The third-order valence-corrected chi connectivity index (χ3v) is 5.66. The Morgan fingerprint density at radius 3 is 2.67 bits per heavy atom. The topological polar surface area (TPSA) is 62.7 Å². The Bertz CT molecular complexity index is 961. The van der Waals surface area contributed by atoms with Gasteiger partial charge in [-0.15, -0.1) is 0 Å². The molecule has 0 bridgehead atoms. The summed E-state index contributed by atoms with van der Waals surface area (Å²) < 4.78 is 6.15. The van der Waals surface area contributed by atoms with Crippen LogP contribution >= 0.6 is 0 Å². The Balaban J connectivity index is 1.67. The number of nitrogens with two attached hydrogens (primary N) is 1. The van der Waals surface area contributed by atoms with Crippen LogP contribution in [0.5, 0.6) is 0 Å². The molecule has 2 atom stereocenters. The Kier molecular flexibility index (Phi) is 4.89. The van der Waals surface area contributed by atoms with Gasteiger partial charge < -0.3 is 15.1 Å². The van der Waals surface area contributed by atoms with Crippen molar-refractivity contribution in [2.75, 3.05) is 19.6 Å². The number of nitrogens with zero attached hydrogens (tertiary/aromatic N) is 2. The molecular weight excluding hydrogens is 338 g/mol. The number of para-hydroxylation sites is 2. The van der Waals surface area contributed by atoms with Crippen molar-refractivity contribution >= 4 is 27.8 Å². The number of hydrogen-bond acceptors (Lipinski definition) is 4. The number of rotatable bonds is 5. The minimum Gasteiger partial charge on any atom is -0.456 e. The van der Waals surface area contributed by atoms with Crippen molar-refractivity contribution in [1.82, 2.24) is 9.80 Å². The normalized spacial score (nSPS) is 20.6. The molecule has 0 aliphatic carbocycles. The van der Waals surface area contributed by atoms with Crippen molar-refractivity contribution in [2.45, 2.75) is 38.9 Å². The molecule has 0 saturated carbocycles. The number of fused-ring (bicyclic) bond motifs is 3. The molecule has 2 heterocycles. The van der Waals surface area contributed by atoms with Gasteiger partial charge in [0.2, 0.25) is 5.91 Å². The van der Waals surface area contributed by atoms with Crippen LogP contribution in [0.25, 0.3) is 21.9 Å². The lowest BCUT2D eigenvalue weighted by Crippen LogP contribution is -2.45. The Morgan fingerprint density at radius 1 is 1.15 bits per heavy atom. The van der Waals surface area contributed by atoms with E-state index in [0.717, 1.165) is 47.1 Å². The SMILES string of the molecule is CCN(CC)C(=O)[C@@H]1C[C@H](N)CN1Cc1cccc2c1oc1ccccc12. The molecule has 142 valence electrons. The molecule has 1 fully saturated rings. The molecule has 2 N–H and O–H groups in total. The lowest BCUT2D eigenvalue weighted by atomic mass is 10.1. The number of likely N-dealkylation sites (N-methyl/N-ethyl adjacent to an activating group) is 1. The predicted molar refractivity (Wildman–Crippen MR) is 108 cm³/mol. The van der Waals surface area contributed by atoms with Gasteiger partial charge in [0.25, 0.3) is 0 Å². The van der Waals surface area contributed by atoms with E-state index < -0.39 is 0 Å². The summed E-state index contributed by atoms with van der Waals surface area (Å²) in [6, 6.07) is 14.2. The van der Waals surface area contributed by atoms with Crippen molar-refractivity contribution in [2.24, 2.45) is 5.73 Å². The van der Waals surface area contributed by atoms with Crippen molar-refractivity contribution in [3.8, 4) is 0 Å². The fourth-order valence-electron chi connectivity index (χ4n) is 4.27. The van der Waals surface area contributed by atoms with Crippen LogP contribution in [0.3, 0.4) is 0 Å². The fourth-order valence-corrected chi connectivity index (χ4v) is 4.27. The Hall–Kier alpha value is -2.37. The maximum Gasteiger partial charge on any atom is 0.239 e. The first kappa shape index (κ1) is 18.0. The van der Waals surface area contributed by atoms with E-state index in [4.69, 9.17) is 10.2 Å². The summed E-state index contributed by atoms with van der Waals surface area (Å²) in [6.07, 6.45) is 0.714. The van der Waals surface area contributed by atoms with E-state index in [9.17, 15) is 4.79 Å². The minimum atomic E-state index is -0.153. The van der Waals surface area contributed by atoms with Crippen LogP contribution < -0.4 is 5.73 Å². The third-order valence-electron chi connectivity index (χ3n) is 5.66. The maximum absolute atomic E-state index is 13.0. The highest BCUT2D eigenvalue weighted by atomic mass is 16.3. The minimum absolute atomic E-state index is 0.0318. The molecule has 0 unspecified atom stereocenters. The molecule has 1 aliphatic heterocycles. The molecule has 4 rings (SSSR count). The van der Waals surface area contributed by atoms with Crippen LogP contribution in [0, 0.1) is 0 Å². The Labute approximate surface area is 159 Å². The van der Waals surface area contributed by atoms with E-state index in [1.54, 1.807) is 0 Å². The molecule has 0 radical (unpaired) electrons. The molecule has 5 heteroatoms. The quantitative estimate of drug-likeness (QED) is 0.753. The van der Waals surface area contributed by atoms with E-state index in [-0.39, 0.29) is 18.0 Å². The molecule has 27 heavy (non-hydrogen) atoms. The van der Waals surface area contributed by atoms with Crippen molar-refractivity contribution in [3.63, 3.8) is 0 Å². The average molecular weight is 365 g/mol. The first-order valence-electron chi connectivity index (χ1n) is 9.79. The fraction of sp³-hybridized carbons (Fsp3) is 0.409. The van der Waals surface area contributed by atoms with Gasteiger partial charge in [0.15, 0.2) is 0 Å². The number of carbonyl (C=O) groups is 1. The second kappa shape index (κ2) is 7.33. The zero-order valence-electron chi connectivity index (χ0n) is 16.0. The van der Waals surface area contributed by atoms with E-state index in [0.29, 0.717) is 13.0 Å². The number of furan rings is 1. The highest BCUT2D eigenvalue weighted by Crippen LogP contribution is 2.32. The lowest BCUT2D eigenvalue weighted by Gasteiger charge is -2.28. The second-order valence-electron chi connectivity index (χ2n) is 7.34. The molecular formula is C22H27N3O2. The maximum atomic E-state index is 13.0. The van der Waals surface area contributed by atoms with Gasteiger partial charge in [-0.3, -0.25) is 9.69 Å². The molecule has 1 amide bonds. The second-order valence-corrected chi connectivity index (χ2v) is 7.34. The smallest absolute Gasteiger partial charge is 0.239 e. The van der Waals surface area contributed by atoms with Crippen LogP contribution in [0.4, 0.5) is 0 Å². The highest BCUT2D eigenvalue weighted by molar-refractivity contribution is 6.05. The van der Waals surface area contributed by atoms with E-state index in [2.05, 4.69) is 29.2 Å². The van der Waals surface area contributed by atoms with Crippen molar-refractivity contribution in [3.05, 3.63) is 48.0 Å². The summed E-state index contributed by atoms with van der Waals surface area (Å²) in [5.74, 6) is 0.185. The lowest BCUT2D eigenvalue weighted by molar-refractivity contribution is -0.135. The van der Waals surface area contributed by atoms with E-state index in [1.807, 2.05) is 36.9 Å². The van der Waals surface area contributed by atoms with E-state index >= 15 is 0 Å². The van der Waals surface area contributed by atoms with Gasteiger partial charge in [-0.1, -0.05) is 36.4 Å². The first-order valence-corrected chi connectivity index (χ1v) is 9.79. The van der Waals surface area contributed by atoms with Crippen molar-refractivity contribution in [1.29, 1.82) is 0 Å². The van der Waals surface area contributed by atoms with Gasteiger partial charge in [-0.2, -0.15) is 0 Å². The number of carbonyl (C=O) groups excluding carboxylic acids is 1. The zero-order chi connectivity index (χ0) is 19.0. The third kappa shape index (κ3) is 3.22. The van der Waals surface area contributed by atoms with Crippen LogP contribution in [0.15, 0.2) is 46.9 Å². The predicted octanol–water partition coefficient (Wildman–Crippen LogP) is 3.36. The zero-order valence-corrected chi connectivity index (χ0v) is 16.0. The first-order chi connectivity index (χ1) is 13.1. The summed E-state index contributed by atoms with van der Waals surface area (Å²) in [5.41, 5.74) is 9.14. The molecule has 1 saturated heterocycles. The van der Waals surface area contributed by atoms with Gasteiger partial charge in [0.05, 0.1) is 6.04 Å². The van der Waals surface area contributed by atoms with Crippen LogP contribution in [-0.2, 0) is 11.3 Å². The molecule has 1 aromatic heterocycles. The van der Waals surface area contributed by atoms with Gasteiger partial charge in [0, 0.05) is 48.6 Å². The number of benzene rings is 2. The van der Waals surface area contributed by atoms with Gasteiger partial charge >= 0.3 is 0 Å². The monoisotopic (exact) mass is 365 g/mol. The Morgan fingerprint density at radius 2 is 1.89 bits per heavy atom. The molecule has 2 aromatic carbocycles. The van der Waals surface area contributed by atoms with E-state index in [1.165, 1.54) is 0 Å². The van der Waals surface area contributed by atoms with Crippen LogP contribution in [-0.4, -0.2) is 47.4 Å². The van der Waals surface area contributed by atoms with Gasteiger partial charge in [-0.25, -0.2) is 0 Å². The summed E-state index contributed by atoms with van der Waals surface area (Å²) in [4.78, 5) is 17.1. The molecule has 3 aromatic rings. The number of hydrogen-bond donors (Lipinski definition) is 1. The molecule has 5 nitrogen and oxygen atoms in total. The average Bonchev–Trinajstić information content (AvgIpc) is 3.23. The molecule has 0 spiro atoms. The van der Waals surface area contributed by atoms with Crippen LogP contribution in [0.1, 0.15) is 25.8 Å². The number of amides is 1. The highest BCUT2D eigenvalue weighted by Gasteiger charge is 2.37. The van der Waals surface area contributed by atoms with Crippen LogP contribution in [0.2, 0.25) is 0 Å². The summed E-state index contributed by atoms with van der Waals surface area (Å²) in [7, 11) is 0.